The SMILES string of the molecule is O=C(CCc1nc2ccccc2c(=O)n1C1CC1)NCC(=O)Nc1ccc(Br)cc1. The van der Waals surface area contributed by atoms with E-state index in [2.05, 4.69) is 31.5 Å². The van der Waals surface area contributed by atoms with Gasteiger partial charge in [0, 0.05) is 29.0 Å². The van der Waals surface area contributed by atoms with Crippen molar-refractivity contribution in [1.82, 2.24) is 14.9 Å². The third-order valence-corrected chi connectivity index (χ3v) is 5.47. The molecule has 154 valence electrons. The Morgan fingerprint density at radius 2 is 1.80 bits per heavy atom. The van der Waals surface area contributed by atoms with E-state index in [1.807, 2.05) is 30.3 Å². The van der Waals surface area contributed by atoms with Gasteiger partial charge in [-0.2, -0.15) is 0 Å². The van der Waals surface area contributed by atoms with Crippen LogP contribution in [0.5, 0.6) is 0 Å². The fourth-order valence-electron chi connectivity index (χ4n) is 3.31. The van der Waals surface area contributed by atoms with E-state index in [-0.39, 0.29) is 36.4 Å². The molecule has 2 amide bonds. The normalized spacial score (nSPS) is 13.2. The zero-order valence-electron chi connectivity index (χ0n) is 16.2. The highest BCUT2D eigenvalue weighted by Gasteiger charge is 2.28. The van der Waals surface area contributed by atoms with Gasteiger partial charge in [0.15, 0.2) is 0 Å². The van der Waals surface area contributed by atoms with E-state index in [0.717, 1.165) is 17.3 Å². The van der Waals surface area contributed by atoms with Crippen LogP contribution in [0.3, 0.4) is 0 Å². The summed E-state index contributed by atoms with van der Waals surface area (Å²) in [6.07, 6.45) is 2.41. The van der Waals surface area contributed by atoms with Gasteiger partial charge in [0.05, 0.1) is 17.4 Å². The van der Waals surface area contributed by atoms with Crippen LogP contribution in [0.25, 0.3) is 10.9 Å². The summed E-state index contributed by atoms with van der Waals surface area (Å²) in [5.41, 5.74) is 1.25. The van der Waals surface area contributed by atoms with Crippen molar-refractivity contribution in [1.29, 1.82) is 0 Å². The first-order valence-electron chi connectivity index (χ1n) is 9.83. The number of hydrogen-bond acceptors (Lipinski definition) is 4. The van der Waals surface area contributed by atoms with E-state index in [4.69, 9.17) is 0 Å². The average Bonchev–Trinajstić information content (AvgIpc) is 3.57. The van der Waals surface area contributed by atoms with Crippen LogP contribution < -0.4 is 16.2 Å². The molecule has 0 atom stereocenters. The number of amides is 2. The molecule has 7 nitrogen and oxygen atoms in total. The van der Waals surface area contributed by atoms with Crippen LogP contribution in [0.4, 0.5) is 5.69 Å². The Morgan fingerprint density at radius 1 is 1.07 bits per heavy atom. The van der Waals surface area contributed by atoms with E-state index >= 15 is 0 Å². The fourth-order valence-corrected chi connectivity index (χ4v) is 3.57. The second-order valence-electron chi connectivity index (χ2n) is 7.28. The lowest BCUT2D eigenvalue weighted by atomic mass is 10.2. The van der Waals surface area contributed by atoms with Crippen molar-refractivity contribution in [3.8, 4) is 0 Å². The molecule has 8 heteroatoms. The highest BCUT2D eigenvalue weighted by Crippen LogP contribution is 2.34. The summed E-state index contributed by atoms with van der Waals surface area (Å²) in [5, 5.41) is 5.95. The molecule has 0 spiro atoms. The molecule has 1 fully saturated rings. The summed E-state index contributed by atoms with van der Waals surface area (Å²) in [6, 6.07) is 14.6. The second-order valence-corrected chi connectivity index (χ2v) is 8.20. The lowest BCUT2D eigenvalue weighted by Crippen LogP contribution is -2.33. The van der Waals surface area contributed by atoms with Crippen LogP contribution in [0.2, 0.25) is 0 Å². The van der Waals surface area contributed by atoms with Gasteiger partial charge in [-0.05, 0) is 49.2 Å². The first-order chi connectivity index (χ1) is 14.5. The van der Waals surface area contributed by atoms with Gasteiger partial charge in [0.1, 0.15) is 5.82 Å². The number of fused-ring (bicyclic) bond motifs is 1. The Kier molecular flexibility index (Phi) is 5.94. The number of anilines is 1. The van der Waals surface area contributed by atoms with Crippen molar-refractivity contribution < 1.29 is 9.59 Å². The van der Waals surface area contributed by atoms with Gasteiger partial charge >= 0.3 is 0 Å². The molecule has 4 rings (SSSR count). The molecule has 0 aliphatic heterocycles. The number of carbonyl (C=O) groups excluding carboxylic acids is 2. The second kappa shape index (κ2) is 8.79. The zero-order chi connectivity index (χ0) is 21.1. The third kappa shape index (κ3) is 4.76. The molecular formula is C22H21BrN4O3. The first kappa shape index (κ1) is 20.3. The predicted molar refractivity (Wildman–Crippen MR) is 118 cm³/mol. The molecule has 3 aromatic rings. The Morgan fingerprint density at radius 3 is 2.53 bits per heavy atom. The topological polar surface area (TPSA) is 93.1 Å². The molecular weight excluding hydrogens is 448 g/mol. The van der Waals surface area contributed by atoms with Crippen molar-refractivity contribution in [3.05, 3.63) is 69.2 Å². The minimum atomic E-state index is -0.301. The number of carbonyl (C=O) groups is 2. The van der Waals surface area contributed by atoms with Crippen molar-refractivity contribution in [2.24, 2.45) is 0 Å². The smallest absolute Gasteiger partial charge is 0.261 e. The minimum absolute atomic E-state index is 0.0487. The molecule has 0 saturated heterocycles. The third-order valence-electron chi connectivity index (χ3n) is 4.94. The van der Waals surface area contributed by atoms with Gasteiger partial charge in [-0.1, -0.05) is 28.1 Å². The van der Waals surface area contributed by atoms with Gasteiger partial charge in [0.2, 0.25) is 11.8 Å². The van der Waals surface area contributed by atoms with Crippen molar-refractivity contribution in [2.45, 2.75) is 31.7 Å². The number of rotatable bonds is 7. The Bertz CT molecular complexity index is 1150. The van der Waals surface area contributed by atoms with Crippen LogP contribution in [0.15, 0.2) is 57.8 Å². The monoisotopic (exact) mass is 468 g/mol. The number of aromatic nitrogens is 2. The fraction of sp³-hybridized carbons (Fsp3) is 0.273. The maximum atomic E-state index is 12.9. The Hall–Kier alpha value is -3.00. The summed E-state index contributed by atoms with van der Waals surface area (Å²) in [6.45, 7) is -0.116. The molecule has 0 unspecified atom stereocenters. The van der Waals surface area contributed by atoms with Crippen LogP contribution in [0.1, 0.15) is 31.1 Å². The standard InChI is InChI=1S/C22H21BrN4O3/c23-14-5-7-15(8-6-14)25-21(29)13-24-20(28)12-11-19-26-18-4-2-1-3-17(18)22(30)27(19)16-9-10-16/h1-8,16H,9-13H2,(H,24,28)(H,25,29). The number of nitrogens with zero attached hydrogens (tertiary/aromatic N) is 2. The number of aryl methyl sites for hydroxylation is 1. The molecule has 30 heavy (non-hydrogen) atoms. The highest BCUT2D eigenvalue weighted by atomic mass is 79.9. The van der Waals surface area contributed by atoms with E-state index < -0.39 is 0 Å². The minimum Gasteiger partial charge on any atom is -0.347 e. The quantitative estimate of drug-likeness (QED) is 0.556. The van der Waals surface area contributed by atoms with Crippen LogP contribution in [0, 0.1) is 0 Å². The largest absolute Gasteiger partial charge is 0.347 e. The number of para-hydroxylation sites is 1. The molecule has 1 heterocycles. The van der Waals surface area contributed by atoms with Crippen molar-refractivity contribution >= 4 is 44.3 Å². The maximum Gasteiger partial charge on any atom is 0.261 e. The van der Waals surface area contributed by atoms with E-state index in [1.165, 1.54) is 0 Å². The van der Waals surface area contributed by atoms with E-state index in [0.29, 0.717) is 28.8 Å². The summed E-state index contributed by atoms with van der Waals surface area (Å²) >= 11 is 3.34. The maximum absolute atomic E-state index is 12.9. The molecule has 0 radical (unpaired) electrons. The van der Waals surface area contributed by atoms with Gasteiger partial charge in [-0.15, -0.1) is 0 Å². The van der Waals surface area contributed by atoms with Crippen molar-refractivity contribution in [3.63, 3.8) is 0 Å². The van der Waals surface area contributed by atoms with Gasteiger partial charge in [-0.3, -0.25) is 19.0 Å². The van der Waals surface area contributed by atoms with Gasteiger partial charge < -0.3 is 10.6 Å². The molecule has 1 aliphatic rings. The summed E-state index contributed by atoms with van der Waals surface area (Å²) in [4.78, 5) is 41.8. The lowest BCUT2D eigenvalue weighted by Gasteiger charge is -2.13. The molecule has 1 saturated carbocycles. The number of benzene rings is 2. The van der Waals surface area contributed by atoms with Gasteiger partial charge in [0.25, 0.3) is 5.56 Å². The van der Waals surface area contributed by atoms with Crippen LogP contribution in [-0.4, -0.2) is 27.9 Å². The highest BCUT2D eigenvalue weighted by molar-refractivity contribution is 9.10. The zero-order valence-corrected chi connectivity index (χ0v) is 17.8. The number of hydrogen-bond donors (Lipinski definition) is 2. The number of nitrogens with one attached hydrogen (secondary N) is 2. The molecule has 2 aromatic carbocycles. The number of halogens is 1. The molecule has 2 N–H and O–H groups in total. The summed E-state index contributed by atoms with van der Waals surface area (Å²) < 4.78 is 2.65. The first-order valence-corrected chi connectivity index (χ1v) is 10.6. The predicted octanol–water partition coefficient (Wildman–Crippen LogP) is 3.18. The summed E-state index contributed by atoms with van der Waals surface area (Å²) in [5.74, 6) is 0.0609. The molecule has 0 bridgehead atoms. The molecule has 1 aliphatic carbocycles. The summed E-state index contributed by atoms with van der Waals surface area (Å²) in [7, 11) is 0. The van der Waals surface area contributed by atoms with Crippen molar-refractivity contribution in [2.75, 3.05) is 11.9 Å². The Labute approximate surface area is 181 Å². The van der Waals surface area contributed by atoms with Gasteiger partial charge in [-0.25, -0.2) is 4.98 Å². The van der Waals surface area contributed by atoms with E-state index in [9.17, 15) is 14.4 Å². The van der Waals surface area contributed by atoms with Crippen LogP contribution in [-0.2, 0) is 16.0 Å². The average molecular weight is 469 g/mol. The molecule has 1 aromatic heterocycles. The van der Waals surface area contributed by atoms with E-state index in [1.54, 1.807) is 22.8 Å². The Balaban J connectivity index is 1.36. The lowest BCUT2D eigenvalue weighted by molar-refractivity contribution is -0.124. The van der Waals surface area contributed by atoms with Crippen LogP contribution >= 0.6 is 15.9 Å².